The molecule has 60 valence electrons. The van der Waals surface area contributed by atoms with E-state index in [2.05, 4.69) is 0 Å². The zero-order valence-corrected chi connectivity index (χ0v) is 5.90. The maximum atomic E-state index is 9.22. The molecular weight excluding hydrogens is 132 g/mol. The lowest BCUT2D eigenvalue weighted by molar-refractivity contribution is -0.00102. The number of aliphatic hydroxyl groups is 3. The van der Waals surface area contributed by atoms with Crippen LogP contribution in [0, 0.1) is 5.92 Å². The number of rotatable bonds is 2. The Balaban J connectivity index is 2.38. The molecule has 10 heavy (non-hydrogen) atoms. The summed E-state index contributed by atoms with van der Waals surface area (Å²) in [5.41, 5.74) is 0. The summed E-state index contributed by atoms with van der Waals surface area (Å²) < 4.78 is 0. The lowest BCUT2D eigenvalue weighted by Gasteiger charge is -2.18. The highest BCUT2D eigenvalue weighted by atomic mass is 16.3. The van der Waals surface area contributed by atoms with Crippen LogP contribution in [-0.4, -0.2) is 34.1 Å². The molecule has 1 unspecified atom stereocenters. The van der Waals surface area contributed by atoms with Crippen LogP contribution in [0.1, 0.15) is 19.3 Å². The molecule has 0 aliphatic heterocycles. The van der Waals surface area contributed by atoms with Crippen molar-refractivity contribution in [3.05, 3.63) is 0 Å². The Morgan fingerprint density at radius 3 is 2.50 bits per heavy atom. The molecule has 0 amide bonds. The molecule has 0 radical (unpaired) electrons. The van der Waals surface area contributed by atoms with Crippen LogP contribution in [0.4, 0.5) is 0 Å². The molecular formula is C7H14O3. The van der Waals surface area contributed by atoms with Crippen molar-refractivity contribution in [2.24, 2.45) is 5.92 Å². The van der Waals surface area contributed by atoms with Gasteiger partial charge in [-0.1, -0.05) is 6.42 Å². The van der Waals surface area contributed by atoms with E-state index in [0.717, 1.165) is 19.3 Å². The van der Waals surface area contributed by atoms with Gasteiger partial charge in [0.15, 0.2) is 0 Å². The molecule has 3 atom stereocenters. The Kier molecular flexibility index (Phi) is 2.65. The molecule has 3 heteroatoms. The summed E-state index contributed by atoms with van der Waals surface area (Å²) in [6.45, 7) is -0.234. The molecule has 0 heterocycles. The summed E-state index contributed by atoms with van der Waals surface area (Å²) in [5, 5.41) is 26.9. The third-order valence-corrected chi connectivity index (χ3v) is 2.21. The van der Waals surface area contributed by atoms with Crippen LogP contribution in [0.15, 0.2) is 0 Å². The van der Waals surface area contributed by atoms with Crippen molar-refractivity contribution in [3.63, 3.8) is 0 Å². The predicted octanol–water partition coefficient (Wildman–Crippen LogP) is -0.499. The fourth-order valence-corrected chi connectivity index (χ4v) is 1.55. The van der Waals surface area contributed by atoms with Crippen LogP contribution < -0.4 is 0 Å². The highest BCUT2D eigenvalue weighted by molar-refractivity contribution is 4.81. The van der Waals surface area contributed by atoms with Crippen molar-refractivity contribution in [1.29, 1.82) is 0 Å². The highest BCUT2D eigenvalue weighted by Crippen LogP contribution is 2.27. The Hall–Kier alpha value is -0.120. The molecule has 0 aromatic heterocycles. The lowest BCUT2D eigenvalue weighted by Crippen LogP contribution is -2.29. The van der Waals surface area contributed by atoms with Crippen molar-refractivity contribution in [3.8, 4) is 0 Å². The van der Waals surface area contributed by atoms with Crippen LogP contribution in [0.3, 0.4) is 0 Å². The van der Waals surface area contributed by atoms with Gasteiger partial charge in [0.05, 0.1) is 18.8 Å². The predicted molar refractivity (Wildman–Crippen MR) is 36.4 cm³/mol. The van der Waals surface area contributed by atoms with Gasteiger partial charge in [0, 0.05) is 5.92 Å². The average Bonchev–Trinajstić information content (AvgIpc) is 2.34. The zero-order chi connectivity index (χ0) is 7.56. The van der Waals surface area contributed by atoms with E-state index >= 15 is 0 Å². The first-order chi connectivity index (χ1) is 4.75. The Bertz CT molecular complexity index is 105. The van der Waals surface area contributed by atoms with Crippen LogP contribution in [0.25, 0.3) is 0 Å². The maximum Gasteiger partial charge on any atom is 0.0823 e. The van der Waals surface area contributed by atoms with E-state index < -0.39 is 12.2 Å². The number of hydrogen-bond donors (Lipinski definition) is 3. The molecule has 0 spiro atoms. The first kappa shape index (κ1) is 7.98. The van der Waals surface area contributed by atoms with Crippen LogP contribution in [0.2, 0.25) is 0 Å². The van der Waals surface area contributed by atoms with E-state index in [4.69, 9.17) is 10.2 Å². The van der Waals surface area contributed by atoms with Crippen molar-refractivity contribution < 1.29 is 15.3 Å². The third-order valence-electron chi connectivity index (χ3n) is 2.21. The molecule has 0 aromatic carbocycles. The Labute approximate surface area is 60.3 Å². The van der Waals surface area contributed by atoms with Crippen molar-refractivity contribution in [2.45, 2.75) is 31.5 Å². The molecule has 1 saturated carbocycles. The molecule has 0 bridgehead atoms. The second kappa shape index (κ2) is 3.32. The van der Waals surface area contributed by atoms with E-state index in [1.807, 2.05) is 0 Å². The molecule has 1 aliphatic rings. The summed E-state index contributed by atoms with van der Waals surface area (Å²) in [6.07, 6.45) is 1.44. The minimum Gasteiger partial charge on any atom is -0.394 e. The van der Waals surface area contributed by atoms with Gasteiger partial charge in [-0.3, -0.25) is 0 Å². The molecule has 1 fully saturated rings. The molecule has 3 N–H and O–H groups in total. The summed E-state index contributed by atoms with van der Waals surface area (Å²) in [7, 11) is 0. The van der Waals surface area contributed by atoms with Gasteiger partial charge in [0.1, 0.15) is 0 Å². The summed E-state index contributed by atoms with van der Waals surface area (Å²) in [5.74, 6) is -0.0926. The Morgan fingerprint density at radius 2 is 2.10 bits per heavy atom. The van der Waals surface area contributed by atoms with Crippen molar-refractivity contribution >= 4 is 0 Å². The highest BCUT2D eigenvalue weighted by Gasteiger charge is 2.30. The minimum absolute atomic E-state index is 0.0926. The van der Waals surface area contributed by atoms with Gasteiger partial charge >= 0.3 is 0 Å². The van der Waals surface area contributed by atoms with E-state index in [1.54, 1.807) is 0 Å². The SMILES string of the molecule is OCC(O)[C@@H]1CCC[C@H]1O. The maximum absolute atomic E-state index is 9.22. The van der Waals surface area contributed by atoms with Crippen molar-refractivity contribution in [1.82, 2.24) is 0 Å². The first-order valence-electron chi connectivity index (χ1n) is 3.72. The summed E-state index contributed by atoms with van der Waals surface area (Å²) in [4.78, 5) is 0. The quantitative estimate of drug-likeness (QED) is 0.492. The van der Waals surface area contributed by atoms with Gasteiger partial charge in [-0.2, -0.15) is 0 Å². The van der Waals surface area contributed by atoms with E-state index in [0.29, 0.717) is 0 Å². The van der Waals surface area contributed by atoms with Crippen LogP contribution >= 0.6 is 0 Å². The minimum atomic E-state index is -0.725. The van der Waals surface area contributed by atoms with Gasteiger partial charge in [0.25, 0.3) is 0 Å². The molecule has 3 nitrogen and oxygen atoms in total. The fourth-order valence-electron chi connectivity index (χ4n) is 1.55. The summed E-state index contributed by atoms with van der Waals surface area (Å²) >= 11 is 0. The van der Waals surface area contributed by atoms with Gasteiger partial charge in [-0.15, -0.1) is 0 Å². The van der Waals surface area contributed by atoms with Gasteiger partial charge in [0.2, 0.25) is 0 Å². The monoisotopic (exact) mass is 146 g/mol. The number of hydrogen-bond acceptors (Lipinski definition) is 3. The fraction of sp³-hybridized carbons (Fsp3) is 1.00. The first-order valence-corrected chi connectivity index (χ1v) is 3.72. The smallest absolute Gasteiger partial charge is 0.0823 e. The topological polar surface area (TPSA) is 60.7 Å². The second-order valence-corrected chi connectivity index (χ2v) is 2.91. The van der Waals surface area contributed by atoms with Crippen LogP contribution in [-0.2, 0) is 0 Å². The van der Waals surface area contributed by atoms with Crippen molar-refractivity contribution in [2.75, 3.05) is 6.61 Å². The van der Waals surface area contributed by atoms with E-state index in [9.17, 15) is 5.11 Å². The largest absolute Gasteiger partial charge is 0.394 e. The third kappa shape index (κ3) is 1.48. The standard InChI is InChI=1S/C7H14O3/c8-4-7(10)5-2-1-3-6(5)9/h5-10H,1-4H2/t5-,6-,7?/m1/s1. The van der Waals surface area contributed by atoms with E-state index in [-0.39, 0.29) is 12.5 Å². The van der Waals surface area contributed by atoms with Gasteiger partial charge < -0.3 is 15.3 Å². The lowest BCUT2D eigenvalue weighted by atomic mass is 9.99. The average molecular weight is 146 g/mol. The molecule has 1 rings (SSSR count). The Morgan fingerprint density at radius 1 is 1.40 bits per heavy atom. The molecule has 0 saturated heterocycles. The van der Waals surface area contributed by atoms with Gasteiger partial charge in [-0.05, 0) is 12.8 Å². The molecule has 1 aliphatic carbocycles. The van der Waals surface area contributed by atoms with Gasteiger partial charge in [-0.25, -0.2) is 0 Å². The summed E-state index contributed by atoms with van der Waals surface area (Å²) in [6, 6.07) is 0. The number of aliphatic hydroxyl groups excluding tert-OH is 3. The normalized spacial score (nSPS) is 36.3. The molecule has 0 aromatic rings. The van der Waals surface area contributed by atoms with E-state index in [1.165, 1.54) is 0 Å². The second-order valence-electron chi connectivity index (χ2n) is 2.91. The van der Waals surface area contributed by atoms with Crippen LogP contribution in [0.5, 0.6) is 0 Å². The zero-order valence-electron chi connectivity index (χ0n) is 5.90.